The highest BCUT2D eigenvalue weighted by molar-refractivity contribution is 6.34. The van der Waals surface area contributed by atoms with Crippen LogP contribution in [0.2, 0.25) is 5.02 Å². The highest BCUT2D eigenvalue weighted by Gasteiger charge is 2.38. The topological polar surface area (TPSA) is 194 Å². The average molecular weight is 775 g/mol. The molecule has 0 atom stereocenters. The van der Waals surface area contributed by atoms with Crippen LogP contribution in [-0.2, 0) is 16.6 Å². The molecule has 288 valence electrons. The number of nitrogens with one attached hydrogen (secondary N) is 1. The van der Waals surface area contributed by atoms with Crippen molar-refractivity contribution in [3.05, 3.63) is 65.3 Å². The molecule has 0 unspecified atom stereocenters. The summed E-state index contributed by atoms with van der Waals surface area (Å²) in [5, 5.41) is 14.6. The molecule has 0 radical (unpaired) electrons. The minimum Gasteiger partial charge on any atom is -0.479 e. The van der Waals surface area contributed by atoms with Crippen LogP contribution in [0.3, 0.4) is 0 Å². The Morgan fingerprint density at radius 2 is 1.61 bits per heavy atom. The summed E-state index contributed by atoms with van der Waals surface area (Å²) in [7, 11) is 5.30. The minimum atomic E-state index is -5.08. The molecule has 4 N–H and O–H groups in total. The quantitative estimate of drug-likeness (QED) is 0.249. The molecule has 0 bridgehead atoms. The number of aliphatic carboxylic acids is 1. The molecule has 4 aromatic rings. The predicted octanol–water partition coefficient (Wildman–Crippen LogP) is 3.42. The maximum Gasteiger partial charge on any atom is 0.490 e. The van der Waals surface area contributed by atoms with Crippen LogP contribution in [0.4, 0.5) is 24.5 Å². The van der Waals surface area contributed by atoms with Crippen molar-refractivity contribution in [2.75, 3.05) is 64.5 Å². The van der Waals surface area contributed by atoms with Crippen LogP contribution in [0.25, 0.3) is 17.1 Å². The number of alkyl halides is 3. The number of carbonyl (C=O) groups excluding carboxylic acids is 3. The molecule has 1 aromatic carbocycles. The van der Waals surface area contributed by atoms with Gasteiger partial charge in [0.2, 0.25) is 11.8 Å². The Kier molecular flexibility index (Phi) is 12.1. The van der Waals surface area contributed by atoms with E-state index >= 15 is 0 Å². The first-order valence-corrected chi connectivity index (χ1v) is 17.0. The van der Waals surface area contributed by atoms with Crippen molar-refractivity contribution in [1.82, 2.24) is 39.0 Å². The number of nitrogen functional groups attached to an aromatic ring is 1. The van der Waals surface area contributed by atoms with Gasteiger partial charge in [0.1, 0.15) is 0 Å². The third-order valence-electron chi connectivity index (χ3n) is 8.99. The van der Waals surface area contributed by atoms with Crippen LogP contribution in [-0.4, -0.2) is 127 Å². The van der Waals surface area contributed by atoms with Crippen LogP contribution in [0, 0.1) is 5.92 Å². The molecule has 16 nitrogen and oxygen atoms in total. The number of carbonyl (C=O) groups is 4. The Morgan fingerprint density at radius 1 is 0.963 bits per heavy atom. The van der Waals surface area contributed by atoms with Crippen LogP contribution < -0.4 is 15.8 Å². The zero-order valence-corrected chi connectivity index (χ0v) is 30.3. The van der Waals surface area contributed by atoms with E-state index in [1.165, 1.54) is 13.3 Å². The van der Waals surface area contributed by atoms with E-state index in [1.54, 1.807) is 63.9 Å². The highest BCUT2D eigenvalue weighted by Crippen LogP contribution is 2.31. The first kappa shape index (κ1) is 39.5. The fourth-order valence-corrected chi connectivity index (χ4v) is 6.23. The molecular formula is C34H38ClF3N10O6. The van der Waals surface area contributed by atoms with E-state index in [2.05, 4.69) is 32.3 Å². The number of nitrogens with two attached hydrogens (primary N) is 1. The lowest BCUT2D eigenvalue weighted by molar-refractivity contribution is -0.192. The van der Waals surface area contributed by atoms with Gasteiger partial charge in [-0.15, -0.1) is 5.10 Å². The number of piperidine rings is 1. The van der Waals surface area contributed by atoms with Crippen molar-refractivity contribution in [3.8, 4) is 23.0 Å². The molecule has 6 rings (SSSR count). The standard InChI is InChI=1S/C32H37ClN10O4.C2HF3O2/c1-39-10-8-20(9-11-39)31(45)41-12-14-42(15-13-41)32(46)23-6-5-22(16-25(23)33)37-29(44)28-36-18-26(40(28)2)24-19-43(38-30(24)47-3)27-7-4-21(34)17-35-27;3-2(4,5)1(6)7/h4-7,16-20H,8-15,34H2,1-3H3,(H,37,44);(H,6,7). The molecule has 2 fully saturated rings. The molecule has 54 heavy (non-hydrogen) atoms. The summed E-state index contributed by atoms with van der Waals surface area (Å²) in [6.07, 6.45) is 1.49. The monoisotopic (exact) mass is 774 g/mol. The Labute approximate surface area is 312 Å². The smallest absolute Gasteiger partial charge is 0.479 e. The zero-order valence-electron chi connectivity index (χ0n) is 29.5. The molecule has 3 aromatic heterocycles. The van der Waals surface area contributed by atoms with E-state index in [-0.39, 0.29) is 28.6 Å². The van der Waals surface area contributed by atoms with Gasteiger partial charge in [-0.2, -0.15) is 13.2 Å². The number of hydrogen-bond acceptors (Lipinski definition) is 10. The van der Waals surface area contributed by atoms with Crippen molar-refractivity contribution >= 4 is 46.7 Å². The Hall–Kier alpha value is -5.69. The molecule has 2 saturated heterocycles. The summed E-state index contributed by atoms with van der Waals surface area (Å²) in [6, 6.07) is 8.23. The number of methoxy groups -OCH3 is 1. The van der Waals surface area contributed by atoms with Crippen LogP contribution in [0.15, 0.2) is 48.9 Å². The number of amides is 3. The fraction of sp³-hybridized carbons (Fsp3) is 0.382. The number of aromatic nitrogens is 5. The van der Waals surface area contributed by atoms with Crippen molar-refractivity contribution in [2.24, 2.45) is 13.0 Å². The average Bonchev–Trinajstić information content (AvgIpc) is 3.75. The summed E-state index contributed by atoms with van der Waals surface area (Å²) < 4.78 is 40.4. The Bertz CT molecular complexity index is 2000. The van der Waals surface area contributed by atoms with Crippen molar-refractivity contribution in [1.29, 1.82) is 0 Å². The van der Waals surface area contributed by atoms with E-state index in [9.17, 15) is 27.6 Å². The van der Waals surface area contributed by atoms with Crippen LogP contribution in [0.1, 0.15) is 33.8 Å². The van der Waals surface area contributed by atoms with E-state index < -0.39 is 18.1 Å². The molecule has 3 amide bonds. The third-order valence-corrected chi connectivity index (χ3v) is 9.31. The van der Waals surface area contributed by atoms with E-state index in [4.69, 9.17) is 32.0 Å². The highest BCUT2D eigenvalue weighted by atomic mass is 35.5. The second-order valence-corrected chi connectivity index (χ2v) is 13.0. The SMILES string of the molecule is COc1nn(-c2ccc(N)cn2)cc1-c1cnc(C(=O)Nc2ccc(C(=O)N3CCN(C(=O)C4CCN(C)CC4)CC3)c(Cl)c2)n1C.O=C(O)C(F)(F)F. The molecule has 0 aliphatic carbocycles. The van der Waals surface area contributed by atoms with Crippen molar-refractivity contribution in [2.45, 2.75) is 19.0 Å². The number of imidazole rings is 1. The summed E-state index contributed by atoms with van der Waals surface area (Å²) >= 11 is 6.55. The predicted molar refractivity (Wildman–Crippen MR) is 190 cm³/mol. The van der Waals surface area contributed by atoms with E-state index in [1.807, 2.05) is 4.90 Å². The first-order valence-electron chi connectivity index (χ1n) is 16.6. The summed E-state index contributed by atoms with van der Waals surface area (Å²) in [5.41, 5.74) is 8.24. The zero-order chi connectivity index (χ0) is 39.3. The van der Waals surface area contributed by atoms with Gasteiger partial charge in [-0.1, -0.05) is 11.6 Å². The molecule has 0 spiro atoms. The Morgan fingerprint density at radius 3 is 2.19 bits per heavy atom. The van der Waals surface area contributed by atoms with Gasteiger partial charge in [0, 0.05) is 51.0 Å². The van der Waals surface area contributed by atoms with Gasteiger partial charge in [-0.25, -0.2) is 19.4 Å². The van der Waals surface area contributed by atoms with E-state index in [0.717, 1.165) is 25.9 Å². The number of carboxylic acid groups (broad SMARTS) is 1. The number of rotatable bonds is 7. The number of nitrogens with zero attached hydrogens (tertiary/aromatic N) is 8. The Balaban J connectivity index is 0.000000730. The van der Waals surface area contributed by atoms with Gasteiger partial charge in [0.05, 0.1) is 47.0 Å². The second kappa shape index (κ2) is 16.5. The lowest BCUT2D eigenvalue weighted by Gasteiger charge is -2.38. The first-order chi connectivity index (χ1) is 25.6. The van der Waals surface area contributed by atoms with Gasteiger partial charge in [0.15, 0.2) is 11.6 Å². The normalized spacial score (nSPS) is 15.3. The molecular weight excluding hydrogens is 737 g/mol. The summed E-state index contributed by atoms with van der Waals surface area (Å²) in [5.74, 6) is -2.17. The number of benzene rings is 1. The fourth-order valence-electron chi connectivity index (χ4n) is 5.97. The molecule has 5 heterocycles. The molecule has 2 aliphatic heterocycles. The summed E-state index contributed by atoms with van der Waals surface area (Å²) in [6.45, 7) is 3.73. The number of anilines is 2. The van der Waals surface area contributed by atoms with Crippen LogP contribution >= 0.6 is 11.6 Å². The third kappa shape index (κ3) is 9.08. The van der Waals surface area contributed by atoms with Crippen molar-refractivity contribution < 1.29 is 42.2 Å². The van der Waals surface area contributed by atoms with E-state index in [0.29, 0.717) is 66.1 Å². The minimum absolute atomic E-state index is 0.0581. The molecule has 2 aliphatic rings. The number of halogens is 4. The number of pyridine rings is 1. The van der Waals surface area contributed by atoms with Crippen molar-refractivity contribution in [3.63, 3.8) is 0 Å². The van der Waals surface area contributed by atoms with Gasteiger partial charge in [0.25, 0.3) is 11.8 Å². The van der Waals surface area contributed by atoms with Gasteiger partial charge < -0.3 is 40.2 Å². The molecule has 0 saturated carbocycles. The van der Waals surface area contributed by atoms with Crippen LogP contribution in [0.5, 0.6) is 5.88 Å². The second-order valence-electron chi connectivity index (χ2n) is 12.6. The largest absolute Gasteiger partial charge is 0.490 e. The number of hydrogen-bond donors (Lipinski definition) is 3. The molecule has 20 heteroatoms. The van der Waals surface area contributed by atoms with Gasteiger partial charge >= 0.3 is 12.1 Å². The lowest BCUT2D eigenvalue weighted by Crippen LogP contribution is -2.52. The van der Waals surface area contributed by atoms with Gasteiger partial charge in [-0.05, 0) is 63.3 Å². The maximum absolute atomic E-state index is 13.3. The number of carboxylic acids is 1. The lowest BCUT2D eigenvalue weighted by atomic mass is 9.95. The van der Waals surface area contributed by atoms with Gasteiger partial charge in [-0.3, -0.25) is 14.4 Å². The summed E-state index contributed by atoms with van der Waals surface area (Å²) in [4.78, 5) is 63.0. The number of piperazine rings is 1. The number of ether oxygens (including phenoxy) is 1. The number of likely N-dealkylation sites (tertiary alicyclic amines) is 1. The maximum atomic E-state index is 13.3.